The minimum Gasteiger partial charge on any atom is -0.339 e. The van der Waals surface area contributed by atoms with Crippen LogP contribution in [0.2, 0.25) is 0 Å². The topological polar surface area (TPSA) is 58.4 Å². The Morgan fingerprint density at radius 3 is 2.22 bits per heavy atom. The van der Waals surface area contributed by atoms with Gasteiger partial charge in [0.15, 0.2) is 5.69 Å². The normalized spacial score (nSPS) is 14.9. The molecule has 0 radical (unpaired) electrons. The first-order valence-corrected chi connectivity index (χ1v) is 7.70. The molecule has 1 saturated heterocycles. The van der Waals surface area contributed by atoms with Crippen molar-refractivity contribution in [2.45, 2.75) is 6.92 Å². The van der Waals surface area contributed by atoms with Gasteiger partial charge in [0.25, 0.3) is 5.91 Å². The molecule has 0 aliphatic carbocycles. The fourth-order valence-electron chi connectivity index (χ4n) is 2.84. The molecule has 6 heteroatoms. The quantitative estimate of drug-likeness (QED) is 0.842. The molecule has 0 atom stereocenters. The van der Waals surface area contributed by atoms with Gasteiger partial charge in [0.2, 0.25) is 5.91 Å². The molecule has 2 amide bonds. The molecule has 6 nitrogen and oxygen atoms in total. The Balaban J connectivity index is 1.75. The highest BCUT2D eigenvalue weighted by Gasteiger charge is 2.25. The highest BCUT2D eigenvalue weighted by atomic mass is 16.2. The van der Waals surface area contributed by atoms with Gasteiger partial charge in [-0.25, -0.2) is 0 Å². The second-order valence-corrected chi connectivity index (χ2v) is 5.70. The number of rotatable bonds is 2. The van der Waals surface area contributed by atoms with Gasteiger partial charge in [-0.1, -0.05) is 30.3 Å². The van der Waals surface area contributed by atoms with E-state index in [9.17, 15) is 9.59 Å². The van der Waals surface area contributed by atoms with Gasteiger partial charge in [-0.3, -0.25) is 14.3 Å². The van der Waals surface area contributed by atoms with E-state index in [1.165, 1.54) is 0 Å². The lowest BCUT2D eigenvalue weighted by Crippen LogP contribution is -2.50. The molecule has 23 heavy (non-hydrogen) atoms. The summed E-state index contributed by atoms with van der Waals surface area (Å²) in [7, 11) is 1.84. The van der Waals surface area contributed by atoms with E-state index in [0.717, 1.165) is 11.3 Å². The fourth-order valence-corrected chi connectivity index (χ4v) is 2.84. The zero-order valence-corrected chi connectivity index (χ0v) is 13.4. The number of benzene rings is 1. The Labute approximate surface area is 135 Å². The van der Waals surface area contributed by atoms with Crippen LogP contribution in [0.3, 0.4) is 0 Å². The average molecular weight is 312 g/mol. The summed E-state index contributed by atoms with van der Waals surface area (Å²) < 4.78 is 1.73. The molecule has 0 spiro atoms. The van der Waals surface area contributed by atoms with E-state index in [1.54, 1.807) is 21.4 Å². The third kappa shape index (κ3) is 3.11. The summed E-state index contributed by atoms with van der Waals surface area (Å²) in [6.45, 7) is 3.83. The van der Waals surface area contributed by atoms with Gasteiger partial charge in [-0.15, -0.1) is 0 Å². The predicted molar refractivity (Wildman–Crippen MR) is 86.8 cm³/mol. The van der Waals surface area contributed by atoms with Crippen LogP contribution in [0.15, 0.2) is 36.4 Å². The standard InChI is InChI=1S/C17H20N4O2/c1-13(22)20-8-10-21(11-9-20)17(23)15-12-16(19(2)18-15)14-6-4-3-5-7-14/h3-7,12H,8-11H2,1-2H3. The molecule has 3 rings (SSSR count). The molecule has 0 unspecified atom stereocenters. The minimum atomic E-state index is -0.0778. The third-order valence-electron chi connectivity index (χ3n) is 4.18. The largest absolute Gasteiger partial charge is 0.339 e. The van der Waals surface area contributed by atoms with Crippen LogP contribution in [-0.4, -0.2) is 57.6 Å². The first kappa shape index (κ1) is 15.3. The van der Waals surface area contributed by atoms with E-state index in [-0.39, 0.29) is 11.8 Å². The van der Waals surface area contributed by atoms with E-state index in [0.29, 0.717) is 31.9 Å². The molecule has 2 aromatic rings. The van der Waals surface area contributed by atoms with Crippen LogP contribution in [0.4, 0.5) is 0 Å². The molecular formula is C17H20N4O2. The van der Waals surface area contributed by atoms with Crippen molar-refractivity contribution in [1.82, 2.24) is 19.6 Å². The van der Waals surface area contributed by atoms with Gasteiger partial charge < -0.3 is 9.80 Å². The highest BCUT2D eigenvalue weighted by Crippen LogP contribution is 2.20. The van der Waals surface area contributed by atoms with Crippen molar-refractivity contribution in [3.05, 3.63) is 42.1 Å². The van der Waals surface area contributed by atoms with E-state index >= 15 is 0 Å². The van der Waals surface area contributed by atoms with E-state index < -0.39 is 0 Å². The molecule has 1 aromatic carbocycles. The second kappa shape index (κ2) is 6.24. The smallest absolute Gasteiger partial charge is 0.274 e. The van der Waals surface area contributed by atoms with Crippen molar-refractivity contribution in [1.29, 1.82) is 0 Å². The number of aromatic nitrogens is 2. The van der Waals surface area contributed by atoms with Crippen LogP contribution >= 0.6 is 0 Å². The number of piperazine rings is 1. The maximum atomic E-state index is 12.6. The first-order valence-electron chi connectivity index (χ1n) is 7.70. The number of hydrogen-bond donors (Lipinski definition) is 0. The zero-order chi connectivity index (χ0) is 16.4. The highest BCUT2D eigenvalue weighted by molar-refractivity contribution is 5.93. The maximum absolute atomic E-state index is 12.6. The Morgan fingerprint density at radius 2 is 1.61 bits per heavy atom. The van der Waals surface area contributed by atoms with Crippen molar-refractivity contribution in [3.63, 3.8) is 0 Å². The van der Waals surface area contributed by atoms with Gasteiger partial charge in [-0.2, -0.15) is 5.10 Å². The van der Waals surface area contributed by atoms with Crippen molar-refractivity contribution in [2.75, 3.05) is 26.2 Å². The number of carbonyl (C=O) groups is 2. The van der Waals surface area contributed by atoms with Gasteiger partial charge in [-0.05, 0) is 11.6 Å². The molecular weight excluding hydrogens is 292 g/mol. The molecule has 1 aromatic heterocycles. The Kier molecular flexibility index (Phi) is 4.14. The second-order valence-electron chi connectivity index (χ2n) is 5.70. The minimum absolute atomic E-state index is 0.0568. The van der Waals surface area contributed by atoms with E-state index in [4.69, 9.17) is 0 Å². The molecule has 120 valence electrons. The number of carbonyl (C=O) groups excluding carboxylic acids is 2. The van der Waals surface area contributed by atoms with Crippen molar-refractivity contribution in [2.24, 2.45) is 7.05 Å². The van der Waals surface area contributed by atoms with Crippen molar-refractivity contribution >= 4 is 11.8 Å². The zero-order valence-electron chi connectivity index (χ0n) is 13.4. The number of aryl methyl sites for hydroxylation is 1. The lowest BCUT2D eigenvalue weighted by Gasteiger charge is -2.33. The SMILES string of the molecule is CC(=O)N1CCN(C(=O)c2cc(-c3ccccc3)n(C)n2)CC1. The fraction of sp³-hybridized carbons (Fsp3) is 0.353. The van der Waals surface area contributed by atoms with Crippen LogP contribution in [-0.2, 0) is 11.8 Å². The van der Waals surface area contributed by atoms with Crippen molar-refractivity contribution < 1.29 is 9.59 Å². The predicted octanol–water partition coefficient (Wildman–Crippen LogP) is 1.39. The van der Waals surface area contributed by atoms with Gasteiger partial charge in [0, 0.05) is 40.2 Å². The van der Waals surface area contributed by atoms with Gasteiger partial charge >= 0.3 is 0 Å². The maximum Gasteiger partial charge on any atom is 0.274 e. The van der Waals surface area contributed by atoms with Crippen LogP contribution < -0.4 is 0 Å². The summed E-state index contributed by atoms with van der Waals surface area (Å²) in [5.41, 5.74) is 2.39. The van der Waals surface area contributed by atoms with Crippen LogP contribution in [0.1, 0.15) is 17.4 Å². The number of nitrogens with zero attached hydrogens (tertiary/aromatic N) is 4. The summed E-state index contributed by atoms with van der Waals surface area (Å²) in [6, 6.07) is 11.7. The summed E-state index contributed by atoms with van der Waals surface area (Å²) in [5, 5.41) is 4.36. The van der Waals surface area contributed by atoms with Gasteiger partial charge in [0.1, 0.15) is 0 Å². The van der Waals surface area contributed by atoms with Crippen molar-refractivity contribution in [3.8, 4) is 11.3 Å². The molecule has 1 aliphatic rings. The number of amides is 2. The summed E-state index contributed by atoms with van der Waals surface area (Å²) >= 11 is 0. The van der Waals surface area contributed by atoms with Crippen LogP contribution in [0.25, 0.3) is 11.3 Å². The van der Waals surface area contributed by atoms with Gasteiger partial charge in [0.05, 0.1) is 5.69 Å². The molecule has 0 N–H and O–H groups in total. The third-order valence-corrected chi connectivity index (χ3v) is 4.18. The lowest BCUT2D eigenvalue weighted by molar-refractivity contribution is -0.130. The van der Waals surface area contributed by atoms with Crippen LogP contribution in [0.5, 0.6) is 0 Å². The first-order chi connectivity index (χ1) is 11.1. The average Bonchev–Trinajstić information content (AvgIpc) is 2.97. The molecule has 2 heterocycles. The molecule has 0 saturated carbocycles. The van der Waals surface area contributed by atoms with Crippen LogP contribution in [0, 0.1) is 0 Å². The Morgan fingerprint density at radius 1 is 1.00 bits per heavy atom. The van der Waals surface area contributed by atoms with E-state index in [2.05, 4.69) is 5.10 Å². The number of hydrogen-bond acceptors (Lipinski definition) is 3. The monoisotopic (exact) mass is 312 g/mol. The lowest BCUT2D eigenvalue weighted by atomic mass is 10.1. The summed E-state index contributed by atoms with van der Waals surface area (Å²) in [5.74, 6) is -0.0210. The molecule has 1 aliphatic heterocycles. The van der Waals surface area contributed by atoms with E-state index in [1.807, 2.05) is 43.4 Å². The molecule has 0 bridgehead atoms. The summed E-state index contributed by atoms with van der Waals surface area (Å²) in [6.07, 6.45) is 0. The molecule has 1 fully saturated rings. The summed E-state index contributed by atoms with van der Waals surface area (Å²) in [4.78, 5) is 27.5. The Hall–Kier alpha value is -2.63. The Bertz CT molecular complexity index is 715.